The van der Waals surface area contributed by atoms with Crippen molar-refractivity contribution in [1.29, 1.82) is 0 Å². The van der Waals surface area contributed by atoms with Crippen LogP contribution in [-0.4, -0.2) is 13.3 Å². The topological polar surface area (TPSA) is 43.1 Å². The van der Waals surface area contributed by atoms with Crippen molar-refractivity contribution in [2.75, 3.05) is 19.1 Å². The first-order valence-corrected chi connectivity index (χ1v) is 8.19. The molecule has 0 fully saturated rings. The van der Waals surface area contributed by atoms with Crippen molar-refractivity contribution >= 4 is 18.1 Å². The first kappa shape index (κ1) is 12.8. The summed E-state index contributed by atoms with van der Waals surface area (Å²) in [5, 5.41) is 0.788. The maximum atomic E-state index is 13.7. The molecule has 2 aromatic rings. The Morgan fingerprint density at radius 2 is 1.67 bits per heavy atom. The Morgan fingerprint density at radius 3 is 2.22 bits per heavy atom. The molecule has 0 bridgehead atoms. The summed E-state index contributed by atoms with van der Waals surface area (Å²) < 4.78 is 25.6. The average molecular weight is 263 g/mol. The molecule has 0 radical (unpaired) electrons. The molecule has 0 aliphatic heterocycles. The van der Waals surface area contributed by atoms with Crippen LogP contribution in [0.2, 0.25) is 0 Å². The molecule has 0 unspecified atom stereocenters. The van der Waals surface area contributed by atoms with Crippen LogP contribution >= 0.6 is 7.14 Å². The molecule has 18 heavy (non-hydrogen) atoms. The van der Waals surface area contributed by atoms with Gasteiger partial charge in [0.05, 0.1) is 0 Å². The first-order valence-electron chi connectivity index (χ1n) is 5.59. The standard InChI is InChI=1S/C14H15FNOP/c1-18(2,17)12-6-3-10(4-7-12)13-9-11(16)5-8-14(13)15/h3-9H,16H2,1-2H3. The van der Waals surface area contributed by atoms with Crippen molar-refractivity contribution in [3.63, 3.8) is 0 Å². The molecule has 0 aliphatic carbocycles. The van der Waals surface area contributed by atoms with E-state index >= 15 is 0 Å². The van der Waals surface area contributed by atoms with E-state index in [0.717, 1.165) is 10.9 Å². The number of anilines is 1. The summed E-state index contributed by atoms with van der Waals surface area (Å²) in [6.07, 6.45) is 0. The highest BCUT2D eigenvalue weighted by atomic mass is 31.2. The maximum absolute atomic E-state index is 13.7. The molecule has 0 atom stereocenters. The van der Waals surface area contributed by atoms with Crippen LogP contribution in [0.3, 0.4) is 0 Å². The van der Waals surface area contributed by atoms with Crippen molar-refractivity contribution in [2.24, 2.45) is 0 Å². The average Bonchev–Trinajstić information content (AvgIpc) is 2.31. The number of nitrogen functional groups attached to an aromatic ring is 1. The summed E-state index contributed by atoms with van der Waals surface area (Å²) in [5.41, 5.74) is 7.37. The fourth-order valence-electron chi connectivity index (χ4n) is 1.76. The van der Waals surface area contributed by atoms with Gasteiger partial charge in [0.2, 0.25) is 0 Å². The highest BCUT2D eigenvalue weighted by Crippen LogP contribution is 2.35. The second kappa shape index (κ2) is 4.58. The number of benzene rings is 2. The number of halogens is 1. The Morgan fingerprint density at radius 1 is 1.06 bits per heavy atom. The van der Waals surface area contributed by atoms with Gasteiger partial charge >= 0.3 is 0 Å². The zero-order chi connectivity index (χ0) is 13.3. The van der Waals surface area contributed by atoms with Gasteiger partial charge < -0.3 is 10.3 Å². The molecule has 0 spiro atoms. The monoisotopic (exact) mass is 263 g/mol. The number of nitrogens with two attached hydrogens (primary N) is 1. The van der Waals surface area contributed by atoms with Gasteiger partial charge in [-0.2, -0.15) is 0 Å². The molecule has 0 saturated heterocycles. The highest BCUT2D eigenvalue weighted by Gasteiger charge is 2.11. The first-order chi connectivity index (χ1) is 8.38. The normalized spacial score (nSPS) is 11.5. The smallest absolute Gasteiger partial charge is 0.131 e. The van der Waals surface area contributed by atoms with Crippen LogP contribution < -0.4 is 11.0 Å². The van der Waals surface area contributed by atoms with Crippen molar-refractivity contribution < 1.29 is 8.96 Å². The van der Waals surface area contributed by atoms with Gasteiger partial charge in [0, 0.05) is 16.6 Å². The molecular weight excluding hydrogens is 248 g/mol. The SMILES string of the molecule is CP(C)(=O)c1ccc(-c2cc(N)ccc2F)cc1. The van der Waals surface area contributed by atoms with Gasteiger partial charge in [-0.25, -0.2) is 4.39 Å². The van der Waals surface area contributed by atoms with Gasteiger partial charge in [0.25, 0.3) is 0 Å². The van der Waals surface area contributed by atoms with Crippen molar-refractivity contribution in [1.82, 2.24) is 0 Å². The summed E-state index contributed by atoms with van der Waals surface area (Å²) >= 11 is 0. The fourth-order valence-corrected chi connectivity index (χ4v) is 2.63. The van der Waals surface area contributed by atoms with E-state index in [-0.39, 0.29) is 5.82 Å². The summed E-state index contributed by atoms with van der Waals surface area (Å²) in [4.78, 5) is 0. The van der Waals surface area contributed by atoms with Crippen molar-refractivity contribution in [2.45, 2.75) is 0 Å². The number of hydrogen-bond donors (Lipinski definition) is 1. The Bertz CT molecular complexity index is 616. The predicted octanol–water partition coefficient (Wildman–Crippen LogP) is 3.32. The lowest BCUT2D eigenvalue weighted by atomic mass is 10.0. The van der Waals surface area contributed by atoms with Crippen molar-refractivity contribution in [3.8, 4) is 11.1 Å². The van der Waals surface area contributed by atoms with Gasteiger partial charge in [-0.05, 0) is 37.1 Å². The Hall–Kier alpha value is -1.60. The van der Waals surface area contributed by atoms with Crippen LogP contribution in [0.5, 0.6) is 0 Å². The minimum atomic E-state index is -2.27. The molecule has 0 heterocycles. The van der Waals surface area contributed by atoms with E-state index in [4.69, 9.17) is 5.73 Å². The Balaban J connectivity index is 2.47. The summed E-state index contributed by atoms with van der Waals surface area (Å²) in [5.74, 6) is -0.312. The third-order valence-electron chi connectivity index (χ3n) is 2.79. The Kier molecular flexibility index (Phi) is 3.27. The largest absolute Gasteiger partial charge is 0.399 e. The zero-order valence-electron chi connectivity index (χ0n) is 10.4. The van der Waals surface area contributed by atoms with E-state index in [1.165, 1.54) is 12.1 Å². The highest BCUT2D eigenvalue weighted by molar-refractivity contribution is 7.70. The lowest BCUT2D eigenvalue weighted by Crippen LogP contribution is -2.01. The van der Waals surface area contributed by atoms with Crippen LogP contribution in [0, 0.1) is 5.82 Å². The van der Waals surface area contributed by atoms with E-state index in [2.05, 4.69) is 0 Å². The van der Waals surface area contributed by atoms with E-state index in [9.17, 15) is 8.96 Å². The quantitative estimate of drug-likeness (QED) is 0.667. The van der Waals surface area contributed by atoms with Gasteiger partial charge in [-0.3, -0.25) is 0 Å². The summed E-state index contributed by atoms with van der Waals surface area (Å²) in [7, 11) is -2.27. The maximum Gasteiger partial charge on any atom is 0.131 e. The van der Waals surface area contributed by atoms with Gasteiger partial charge in [0.15, 0.2) is 0 Å². The number of hydrogen-bond acceptors (Lipinski definition) is 2. The molecule has 0 saturated carbocycles. The van der Waals surface area contributed by atoms with Crippen LogP contribution in [0.25, 0.3) is 11.1 Å². The minimum absolute atomic E-state index is 0.312. The van der Waals surface area contributed by atoms with Crippen LogP contribution in [0.1, 0.15) is 0 Å². The Labute approximate surface area is 106 Å². The minimum Gasteiger partial charge on any atom is -0.399 e. The molecule has 0 aromatic heterocycles. The molecular formula is C14H15FNOP. The molecule has 2 nitrogen and oxygen atoms in total. The third kappa shape index (κ3) is 2.62. The van der Waals surface area contributed by atoms with E-state index < -0.39 is 7.14 Å². The molecule has 0 amide bonds. The molecule has 0 aliphatic rings. The van der Waals surface area contributed by atoms with Crippen molar-refractivity contribution in [3.05, 3.63) is 48.3 Å². The predicted molar refractivity (Wildman–Crippen MR) is 75.3 cm³/mol. The molecule has 2 aromatic carbocycles. The molecule has 2 rings (SSSR count). The van der Waals surface area contributed by atoms with Crippen LogP contribution in [-0.2, 0) is 4.57 Å². The van der Waals surface area contributed by atoms with Crippen LogP contribution in [0.4, 0.5) is 10.1 Å². The van der Waals surface area contributed by atoms with E-state index in [1.54, 1.807) is 43.7 Å². The van der Waals surface area contributed by atoms with Gasteiger partial charge in [-0.1, -0.05) is 24.3 Å². The molecule has 94 valence electrons. The lowest BCUT2D eigenvalue weighted by Gasteiger charge is -2.09. The summed E-state index contributed by atoms with van der Waals surface area (Å²) in [6, 6.07) is 11.6. The lowest BCUT2D eigenvalue weighted by molar-refractivity contribution is 0.588. The summed E-state index contributed by atoms with van der Waals surface area (Å²) in [6.45, 7) is 3.42. The zero-order valence-corrected chi connectivity index (χ0v) is 11.2. The third-order valence-corrected chi connectivity index (χ3v) is 4.33. The fraction of sp³-hybridized carbons (Fsp3) is 0.143. The van der Waals surface area contributed by atoms with Gasteiger partial charge in [0.1, 0.15) is 13.0 Å². The van der Waals surface area contributed by atoms with Crippen LogP contribution in [0.15, 0.2) is 42.5 Å². The number of rotatable bonds is 2. The second-order valence-corrected chi connectivity index (χ2v) is 7.86. The van der Waals surface area contributed by atoms with E-state index in [0.29, 0.717) is 11.3 Å². The second-order valence-electron chi connectivity index (χ2n) is 4.64. The van der Waals surface area contributed by atoms with Gasteiger partial charge in [-0.15, -0.1) is 0 Å². The van der Waals surface area contributed by atoms with E-state index in [1.807, 2.05) is 0 Å². The molecule has 4 heteroatoms. The molecule has 2 N–H and O–H groups in total.